The van der Waals surface area contributed by atoms with Crippen molar-refractivity contribution in [3.05, 3.63) is 70.0 Å². The van der Waals surface area contributed by atoms with Gasteiger partial charge in [-0.1, -0.05) is 29.8 Å². The van der Waals surface area contributed by atoms with E-state index in [9.17, 15) is 12.8 Å². The third-order valence-electron chi connectivity index (χ3n) is 5.41. The number of hydrogen-bond acceptors (Lipinski definition) is 7. The lowest BCUT2D eigenvalue weighted by atomic mass is 10.0. The van der Waals surface area contributed by atoms with Crippen molar-refractivity contribution in [2.75, 3.05) is 35.5 Å². The van der Waals surface area contributed by atoms with Crippen LogP contribution in [0.3, 0.4) is 0 Å². The van der Waals surface area contributed by atoms with Crippen LogP contribution in [0.4, 0.5) is 4.39 Å². The summed E-state index contributed by atoms with van der Waals surface area (Å²) in [5, 5.41) is 0.146. The molecule has 36 heavy (non-hydrogen) atoms. The number of sulfone groups is 1. The molecule has 0 aliphatic heterocycles. The molecule has 3 rings (SSSR count). The first-order valence-electron chi connectivity index (χ1n) is 10.6. The van der Waals surface area contributed by atoms with Crippen LogP contribution >= 0.6 is 11.6 Å². The van der Waals surface area contributed by atoms with E-state index in [2.05, 4.69) is 0 Å². The van der Waals surface area contributed by atoms with Gasteiger partial charge in [0.1, 0.15) is 5.75 Å². The molecule has 0 unspecified atom stereocenters. The van der Waals surface area contributed by atoms with Gasteiger partial charge < -0.3 is 23.7 Å². The van der Waals surface area contributed by atoms with E-state index in [0.717, 1.165) is 0 Å². The number of benzene rings is 3. The zero-order valence-electron chi connectivity index (χ0n) is 20.4. The minimum Gasteiger partial charge on any atom is -0.495 e. The zero-order valence-corrected chi connectivity index (χ0v) is 22.0. The summed E-state index contributed by atoms with van der Waals surface area (Å²) in [5.74, 6) is 0.315. The van der Waals surface area contributed by atoms with Crippen LogP contribution in [-0.2, 0) is 15.6 Å². The zero-order chi connectivity index (χ0) is 26.5. The SMILES string of the molecule is COc1ccc(S(=O)(=O)Cc2c(/C=C\c3cc(OC)c(OC)c(OC)c3)ccc(F)c2OC)cc1Cl. The Morgan fingerprint density at radius 2 is 1.39 bits per heavy atom. The van der Waals surface area contributed by atoms with Crippen molar-refractivity contribution in [2.24, 2.45) is 0 Å². The maximum absolute atomic E-state index is 14.6. The summed E-state index contributed by atoms with van der Waals surface area (Å²) >= 11 is 6.13. The fourth-order valence-electron chi connectivity index (χ4n) is 3.64. The Hall–Kier alpha value is -3.43. The van der Waals surface area contributed by atoms with E-state index in [1.165, 1.54) is 65.9 Å². The van der Waals surface area contributed by atoms with E-state index in [0.29, 0.717) is 34.1 Å². The summed E-state index contributed by atoms with van der Waals surface area (Å²) in [6.45, 7) is 0. The molecule has 192 valence electrons. The lowest BCUT2D eigenvalue weighted by Crippen LogP contribution is -2.09. The highest BCUT2D eigenvalue weighted by Gasteiger charge is 2.23. The normalized spacial score (nSPS) is 11.4. The predicted molar refractivity (Wildman–Crippen MR) is 137 cm³/mol. The Bertz CT molecular complexity index is 1360. The molecule has 0 spiro atoms. The van der Waals surface area contributed by atoms with Crippen LogP contribution in [-0.4, -0.2) is 44.0 Å². The standard InChI is InChI=1S/C26H26ClFO7S/c1-31-22-11-9-18(14-20(22)27)36(29,30)15-19-17(8-10-21(28)25(19)34-4)7-6-16-12-23(32-2)26(35-5)24(13-16)33-3/h6-14H,15H2,1-5H3/b7-6-. The first-order valence-corrected chi connectivity index (χ1v) is 12.6. The molecule has 0 radical (unpaired) electrons. The Morgan fingerprint density at radius 3 is 1.92 bits per heavy atom. The third-order valence-corrected chi connectivity index (χ3v) is 7.35. The molecule has 0 atom stereocenters. The second-order valence-electron chi connectivity index (χ2n) is 7.50. The van der Waals surface area contributed by atoms with E-state index < -0.39 is 21.4 Å². The van der Waals surface area contributed by atoms with Crippen LogP contribution in [0.2, 0.25) is 5.02 Å². The van der Waals surface area contributed by atoms with Gasteiger partial charge in [-0.05, 0) is 47.5 Å². The van der Waals surface area contributed by atoms with Crippen LogP contribution in [0, 0.1) is 5.82 Å². The number of methoxy groups -OCH3 is 5. The van der Waals surface area contributed by atoms with Crippen LogP contribution in [0.15, 0.2) is 47.4 Å². The van der Waals surface area contributed by atoms with Crippen molar-refractivity contribution in [2.45, 2.75) is 10.6 Å². The molecule has 10 heteroatoms. The van der Waals surface area contributed by atoms with Crippen molar-refractivity contribution >= 4 is 33.6 Å². The van der Waals surface area contributed by atoms with Gasteiger partial charge in [-0.15, -0.1) is 0 Å². The van der Waals surface area contributed by atoms with Crippen molar-refractivity contribution < 1.29 is 36.5 Å². The maximum atomic E-state index is 14.6. The highest BCUT2D eigenvalue weighted by Crippen LogP contribution is 2.39. The molecule has 0 fully saturated rings. The molecular weight excluding hydrogens is 511 g/mol. The van der Waals surface area contributed by atoms with Gasteiger partial charge in [-0.25, -0.2) is 12.8 Å². The van der Waals surface area contributed by atoms with Crippen molar-refractivity contribution in [1.29, 1.82) is 0 Å². The van der Waals surface area contributed by atoms with E-state index >= 15 is 0 Å². The summed E-state index contributed by atoms with van der Waals surface area (Å²) in [6, 6.07) is 10.3. The van der Waals surface area contributed by atoms with Crippen molar-refractivity contribution in [1.82, 2.24) is 0 Å². The average molecular weight is 537 g/mol. The molecule has 3 aromatic carbocycles. The Kier molecular flexibility index (Phi) is 8.70. The third kappa shape index (κ3) is 5.68. The molecule has 0 aliphatic rings. The molecule has 0 bridgehead atoms. The number of halogens is 2. The van der Waals surface area contributed by atoms with Crippen LogP contribution < -0.4 is 23.7 Å². The fraction of sp³-hybridized carbons (Fsp3) is 0.231. The minimum absolute atomic E-state index is 0.0285. The number of rotatable bonds is 10. The molecule has 0 aliphatic carbocycles. The van der Waals surface area contributed by atoms with Gasteiger partial charge >= 0.3 is 0 Å². The summed E-state index contributed by atoms with van der Waals surface area (Å²) in [6.07, 6.45) is 3.38. The molecule has 0 saturated carbocycles. The molecule has 0 N–H and O–H groups in total. The smallest absolute Gasteiger partial charge is 0.203 e. The monoisotopic (exact) mass is 536 g/mol. The summed E-state index contributed by atoms with van der Waals surface area (Å²) in [7, 11) is 3.30. The maximum Gasteiger partial charge on any atom is 0.203 e. The van der Waals surface area contributed by atoms with Gasteiger partial charge in [0.15, 0.2) is 32.9 Å². The first-order chi connectivity index (χ1) is 17.2. The Morgan fingerprint density at radius 1 is 0.778 bits per heavy atom. The van der Waals surface area contributed by atoms with Crippen molar-refractivity contribution in [3.8, 4) is 28.7 Å². The first kappa shape index (κ1) is 27.2. The lowest BCUT2D eigenvalue weighted by Gasteiger charge is -2.15. The average Bonchev–Trinajstić information content (AvgIpc) is 2.87. The molecule has 0 saturated heterocycles. The van der Waals surface area contributed by atoms with Gasteiger partial charge in [0, 0.05) is 5.56 Å². The topological polar surface area (TPSA) is 80.3 Å². The Labute approximate surface area is 214 Å². The van der Waals surface area contributed by atoms with E-state index in [1.807, 2.05) is 0 Å². The Balaban J connectivity index is 2.07. The van der Waals surface area contributed by atoms with Crippen LogP contribution in [0.5, 0.6) is 28.7 Å². The highest BCUT2D eigenvalue weighted by atomic mass is 35.5. The molecule has 3 aromatic rings. The van der Waals surface area contributed by atoms with Gasteiger partial charge in [0.2, 0.25) is 5.75 Å². The van der Waals surface area contributed by atoms with Gasteiger partial charge in [-0.2, -0.15) is 0 Å². The van der Waals surface area contributed by atoms with Gasteiger partial charge in [0.05, 0.1) is 51.2 Å². The van der Waals surface area contributed by atoms with Crippen molar-refractivity contribution in [3.63, 3.8) is 0 Å². The molecule has 0 heterocycles. The van der Waals surface area contributed by atoms with Crippen LogP contribution in [0.25, 0.3) is 12.2 Å². The summed E-state index contributed by atoms with van der Waals surface area (Å²) < 4.78 is 67.5. The quantitative estimate of drug-likeness (QED) is 0.309. The summed E-state index contributed by atoms with van der Waals surface area (Å²) in [4.78, 5) is -0.0285. The summed E-state index contributed by atoms with van der Waals surface area (Å²) in [5.41, 5.74) is 1.29. The van der Waals surface area contributed by atoms with Gasteiger partial charge in [0.25, 0.3) is 0 Å². The largest absolute Gasteiger partial charge is 0.495 e. The second kappa shape index (κ2) is 11.5. The molecule has 0 amide bonds. The highest BCUT2D eigenvalue weighted by molar-refractivity contribution is 7.90. The van der Waals surface area contributed by atoms with Gasteiger partial charge in [-0.3, -0.25) is 0 Å². The minimum atomic E-state index is -3.92. The fourth-order valence-corrected chi connectivity index (χ4v) is 5.38. The molecule has 7 nitrogen and oxygen atoms in total. The van der Waals surface area contributed by atoms with Crippen LogP contribution in [0.1, 0.15) is 16.7 Å². The van der Waals surface area contributed by atoms with E-state index in [1.54, 1.807) is 24.3 Å². The number of hydrogen-bond donors (Lipinski definition) is 0. The second-order valence-corrected chi connectivity index (χ2v) is 9.89. The molecule has 0 aromatic heterocycles. The number of ether oxygens (including phenoxy) is 5. The molecular formula is C26H26ClFO7S. The predicted octanol–water partition coefficient (Wildman–Crippen LogP) is 5.67. The lowest BCUT2D eigenvalue weighted by molar-refractivity contribution is 0.324. The van der Waals surface area contributed by atoms with E-state index in [4.69, 9.17) is 35.3 Å². The van der Waals surface area contributed by atoms with E-state index in [-0.39, 0.29) is 21.2 Å².